The van der Waals surface area contributed by atoms with E-state index in [9.17, 15) is 9.90 Å². The number of hydrogen-bond donors (Lipinski definition) is 1. The molecule has 1 aromatic rings. The first kappa shape index (κ1) is 14.1. The molecule has 2 fully saturated rings. The zero-order valence-electron chi connectivity index (χ0n) is 12.4. The van der Waals surface area contributed by atoms with Crippen LogP contribution in [-0.2, 0) is 4.79 Å². The van der Waals surface area contributed by atoms with E-state index in [1.807, 2.05) is 18.7 Å². The third kappa shape index (κ3) is 2.40. The van der Waals surface area contributed by atoms with Crippen LogP contribution in [0.2, 0.25) is 0 Å². The van der Waals surface area contributed by atoms with Gasteiger partial charge in [-0.15, -0.1) is 11.3 Å². The van der Waals surface area contributed by atoms with Crippen LogP contribution in [0.1, 0.15) is 49.5 Å². The van der Waals surface area contributed by atoms with Crippen molar-refractivity contribution in [1.82, 2.24) is 4.90 Å². The molecule has 1 aliphatic heterocycles. The summed E-state index contributed by atoms with van der Waals surface area (Å²) in [4.78, 5) is 16.0. The molecule has 4 heteroatoms. The van der Waals surface area contributed by atoms with Crippen LogP contribution in [0.25, 0.3) is 0 Å². The normalized spacial score (nSPS) is 29.8. The molecular formula is C16H23NO2S. The number of carbonyl (C=O) groups excluding carboxylic acids is 1. The molecule has 0 radical (unpaired) electrons. The molecule has 3 atom stereocenters. The lowest BCUT2D eigenvalue weighted by atomic mass is 9.96. The van der Waals surface area contributed by atoms with Crippen molar-refractivity contribution >= 4 is 17.2 Å². The number of carbonyl (C=O) groups is 1. The van der Waals surface area contributed by atoms with Crippen molar-refractivity contribution in [3.8, 4) is 0 Å². The van der Waals surface area contributed by atoms with Crippen LogP contribution in [0, 0.1) is 12.8 Å². The molecule has 1 saturated carbocycles. The lowest BCUT2D eigenvalue weighted by Crippen LogP contribution is -2.48. The Morgan fingerprint density at radius 2 is 2.25 bits per heavy atom. The molecule has 0 spiro atoms. The van der Waals surface area contributed by atoms with Crippen molar-refractivity contribution < 1.29 is 9.90 Å². The average molecular weight is 293 g/mol. The van der Waals surface area contributed by atoms with Crippen LogP contribution in [0.15, 0.2) is 11.4 Å². The number of thiophene rings is 1. The first-order chi connectivity index (χ1) is 9.39. The van der Waals surface area contributed by atoms with Gasteiger partial charge in [0.1, 0.15) is 0 Å². The highest BCUT2D eigenvalue weighted by Crippen LogP contribution is 2.52. The molecule has 110 valence electrons. The topological polar surface area (TPSA) is 40.5 Å². The summed E-state index contributed by atoms with van der Waals surface area (Å²) in [5.74, 6) is 0.827. The second-order valence-corrected chi connectivity index (χ2v) is 7.71. The van der Waals surface area contributed by atoms with E-state index in [1.165, 1.54) is 10.4 Å². The van der Waals surface area contributed by atoms with Crippen molar-refractivity contribution in [3.63, 3.8) is 0 Å². The molecular weight excluding hydrogens is 270 g/mol. The molecule has 3 unspecified atom stereocenters. The van der Waals surface area contributed by atoms with Gasteiger partial charge < -0.3 is 10.0 Å². The monoisotopic (exact) mass is 293 g/mol. The first-order valence-corrected chi connectivity index (χ1v) is 8.34. The number of likely N-dealkylation sites (tertiary alicyclic amines) is 1. The lowest BCUT2D eigenvalue weighted by Gasteiger charge is -2.34. The number of aryl methyl sites for hydroxylation is 1. The first-order valence-electron chi connectivity index (χ1n) is 7.46. The Balaban J connectivity index is 1.70. The van der Waals surface area contributed by atoms with Crippen LogP contribution in [-0.4, -0.2) is 34.1 Å². The minimum Gasteiger partial charge on any atom is -0.388 e. The summed E-state index contributed by atoms with van der Waals surface area (Å²) in [6.45, 7) is 6.56. The van der Waals surface area contributed by atoms with E-state index in [0.29, 0.717) is 5.92 Å². The molecule has 1 aliphatic carbocycles. The lowest BCUT2D eigenvalue weighted by molar-refractivity contribution is -0.138. The molecule has 0 aromatic carbocycles. The highest BCUT2D eigenvalue weighted by molar-refractivity contribution is 7.10. The van der Waals surface area contributed by atoms with Crippen molar-refractivity contribution in [2.24, 2.45) is 5.92 Å². The minimum atomic E-state index is -0.796. The predicted octanol–water partition coefficient (Wildman–Crippen LogP) is 2.92. The molecule has 1 N–H and O–H groups in total. The van der Waals surface area contributed by atoms with Crippen molar-refractivity contribution in [3.05, 3.63) is 21.9 Å². The fourth-order valence-corrected chi connectivity index (χ4v) is 4.61. The summed E-state index contributed by atoms with van der Waals surface area (Å²) >= 11 is 1.77. The fraction of sp³-hybridized carbons (Fsp3) is 0.688. The number of nitrogens with zero attached hydrogens (tertiary/aromatic N) is 1. The molecule has 20 heavy (non-hydrogen) atoms. The van der Waals surface area contributed by atoms with Crippen LogP contribution in [0.4, 0.5) is 0 Å². The Kier molecular flexibility index (Phi) is 3.41. The molecule has 2 aliphatic rings. The SMILES string of the molecule is Cc1ccsc1C1CC1C(=O)N1CCCC1C(C)(C)O. The van der Waals surface area contributed by atoms with E-state index in [-0.39, 0.29) is 17.9 Å². The fourth-order valence-electron chi connectivity index (χ4n) is 3.50. The van der Waals surface area contributed by atoms with Gasteiger partial charge in [0.15, 0.2) is 0 Å². The molecule has 0 bridgehead atoms. The van der Waals surface area contributed by atoms with Crippen molar-refractivity contribution in [1.29, 1.82) is 0 Å². The van der Waals surface area contributed by atoms with E-state index < -0.39 is 5.60 Å². The molecule has 1 saturated heterocycles. The zero-order valence-corrected chi connectivity index (χ0v) is 13.2. The maximum absolute atomic E-state index is 12.7. The van der Waals surface area contributed by atoms with E-state index in [2.05, 4.69) is 18.4 Å². The van der Waals surface area contributed by atoms with E-state index in [4.69, 9.17) is 0 Å². The van der Waals surface area contributed by atoms with Crippen LogP contribution < -0.4 is 0 Å². The maximum atomic E-state index is 12.7. The Hall–Kier alpha value is -0.870. The molecule has 1 amide bonds. The van der Waals surface area contributed by atoms with Crippen LogP contribution >= 0.6 is 11.3 Å². The largest absolute Gasteiger partial charge is 0.388 e. The molecule has 1 aromatic heterocycles. The number of aliphatic hydroxyl groups is 1. The third-order valence-electron chi connectivity index (χ3n) is 4.70. The van der Waals surface area contributed by atoms with Crippen molar-refractivity contribution in [2.75, 3.05) is 6.54 Å². The summed E-state index contributed by atoms with van der Waals surface area (Å²) in [7, 11) is 0. The van der Waals surface area contributed by atoms with E-state index in [0.717, 1.165) is 25.8 Å². The predicted molar refractivity (Wildman–Crippen MR) is 80.9 cm³/mol. The second-order valence-electron chi connectivity index (χ2n) is 6.76. The number of amides is 1. The van der Waals surface area contributed by atoms with Gasteiger partial charge in [0, 0.05) is 23.3 Å². The standard InChI is InChI=1S/C16H23NO2S/c1-10-6-8-20-14(10)11-9-12(11)15(18)17-7-4-5-13(17)16(2,3)19/h6,8,11-13,19H,4-5,7,9H2,1-3H3. The Morgan fingerprint density at radius 3 is 2.85 bits per heavy atom. The summed E-state index contributed by atoms with van der Waals surface area (Å²) < 4.78 is 0. The second kappa shape index (κ2) is 4.85. The highest BCUT2D eigenvalue weighted by atomic mass is 32.1. The zero-order chi connectivity index (χ0) is 14.5. The smallest absolute Gasteiger partial charge is 0.226 e. The molecule has 3 nitrogen and oxygen atoms in total. The van der Waals surface area contributed by atoms with Gasteiger partial charge in [-0.05, 0) is 57.0 Å². The van der Waals surface area contributed by atoms with Gasteiger partial charge in [-0.3, -0.25) is 4.79 Å². The van der Waals surface area contributed by atoms with Crippen molar-refractivity contribution in [2.45, 2.75) is 57.6 Å². The van der Waals surface area contributed by atoms with Gasteiger partial charge in [-0.25, -0.2) is 0 Å². The summed E-state index contributed by atoms with van der Waals surface area (Å²) in [5.41, 5.74) is 0.519. The Morgan fingerprint density at radius 1 is 1.50 bits per heavy atom. The third-order valence-corrected chi connectivity index (χ3v) is 5.85. The average Bonchev–Trinajstić information content (AvgIpc) is 2.81. The van der Waals surface area contributed by atoms with Crippen LogP contribution in [0.3, 0.4) is 0 Å². The van der Waals surface area contributed by atoms with Gasteiger partial charge in [0.25, 0.3) is 0 Å². The van der Waals surface area contributed by atoms with Gasteiger partial charge in [0.05, 0.1) is 11.6 Å². The molecule has 3 rings (SSSR count). The molecule has 2 heterocycles. The van der Waals surface area contributed by atoms with Crippen LogP contribution in [0.5, 0.6) is 0 Å². The summed E-state index contributed by atoms with van der Waals surface area (Å²) in [6.07, 6.45) is 2.91. The highest BCUT2D eigenvalue weighted by Gasteiger charge is 2.50. The Labute approximate surface area is 124 Å². The number of hydrogen-bond acceptors (Lipinski definition) is 3. The van der Waals surface area contributed by atoms with E-state index >= 15 is 0 Å². The van der Waals surface area contributed by atoms with Gasteiger partial charge in [-0.1, -0.05) is 0 Å². The summed E-state index contributed by atoms with van der Waals surface area (Å²) in [6, 6.07) is 2.12. The quantitative estimate of drug-likeness (QED) is 0.931. The number of rotatable bonds is 3. The van der Waals surface area contributed by atoms with Gasteiger partial charge in [0.2, 0.25) is 5.91 Å². The van der Waals surface area contributed by atoms with Gasteiger partial charge >= 0.3 is 0 Å². The Bertz CT molecular complexity index is 517. The maximum Gasteiger partial charge on any atom is 0.226 e. The van der Waals surface area contributed by atoms with Gasteiger partial charge in [-0.2, -0.15) is 0 Å². The minimum absolute atomic E-state index is 0.0133. The summed E-state index contributed by atoms with van der Waals surface area (Å²) in [5, 5.41) is 12.4. The van der Waals surface area contributed by atoms with E-state index in [1.54, 1.807) is 11.3 Å².